The van der Waals surface area contributed by atoms with Crippen molar-refractivity contribution < 1.29 is 9.53 Å². The lowest BCUT2D eigenvalue weighted by Gasteiger charge is -2.20. The lowest BCUT2D eigenvalue weighted by molar-refractivity contribution is -0.131. The molecule has 1 aliphatic heterocycles. The van der Waals surface area contributed by atoms with Crippen molar-refractivity contribution in [1.29, 1.82) is 0 Å². The van der Waals surface area contributed by atoms with E-state index in [-0.39, 0.29) is 11.9 Å². The van der Waals surface area contributed by atoms with E-state index < -0.39 is 0 Å². The van der Waals surface area contributed by atoms with Gasteiger partial charge in [0.25, 0.3) is 0 Å². The number of aromatic nitrogens is 5. The number of hydrogen-bond donors (Lipinski definition) is 0. The number of carbonyl (C=O) groups is 1. The van der Waals surface area contributed by atoms with E-state index in [9.17, 15) is 4.79 Å². The maximum Gasteiger partial charge on any atom is 0.222 e. The molecule has 1 amide bonds. The lowest BCUT2D eigenvalue weighted by atomic mass is 10.2. The highest BCUT2D eigenvalue weighted by Gasteiger charge is 2.21. The van der Waals surface area contributed by atoms with Gasteiger partial charge in [-0.1, -0.05) is 0 Å². The Morgan fingerprint density at radius 1 is 1.33 bits per heavy atom. The molecule has 4 rings (SSSR count). The number of rotatable bonds is 7. The standard InChI is InChI=1S/C22H30N6O2/c1-16-13-18-14-26(11-6-12-27(18)25-16)21(29)9-4-8-20-24-19-7-5-10-23-22(19)28(20)17(2)15-30-3/h5,7,10,13,17H,4,6,8-9,11-12,14-15H2,1-3H3. The molecule has 8 nitrogen and oxygen atoms in total. The van der Waals surface area contributed by atoms with E-state index in [0.29, 0.717) is 19.6 Å². The molecule has 0 fully saturated rings. The molecule has 1 unspecified atom stereocenters. The molecule has 30 heavy (non-hydrogen) atoms. The first-order chi connectivity index (χ1) is 14.6. The van der Waals surface area contributed by atoms with Gasteiger partial charge in [0, 0.05) is 39.2 Å². The summed E-state index contributed by atoms with van der Waals surface area (Å²) >= 11 is 0. The Hall–Kier alpha value is -2.74. The van der Waals surface area contributed by atoms with Crippen molar-refractivity contribution in [3.05, 3.63) is 41.6 Å². The van der Waals surface area contributed by atoms with Gasteiger partial charge in [-0.15, -0.1) is 0 Å². The number of amides is 1. The highest BCUT2D eigenvalue weighted by Crippen LogP contribution is 2.21. The van der Waals surface area contributed by atoms with Gasteiger partial charge in [-0.25, -0.2) is 9.97 Å². The van der Waals surface area contributed by atoms with Crippen molar-refractivity contribution in [3.63, 3.8) is 0 Å². The quantitative estimate of drug-likeness (QED) is 0.598. The second kappa shape index (κ2) is 8.95. The molecule has 0 spiro atoms. The summed E-state index contributed by atoms with van der Waals surface area (Å²) in [7, 11) is 1.70. The van der Waals surface area contributed by atoms with Gasteiger partial charge < -0.3 is 14.2 Å². The van der Waals surface area contributed by atoms with Gasteiger partial charge in [0.2, 0.25) is 5.91 Å². The summed E-state index contributed by atoms with van der Waals surface area (Å²) in [4.78, 5) is 24.2. The zero-order valence-corrected chi connectivity index (χ0v) is 18.0. The number of pyridine rings is 1. The molecule has 0 aromatic carbocycles. The lowest BCUT2D eigenvalue weighted by Crippen LogP contribution is -2.30. The monoisotopic (exact) mass is 410 g/mol. The number of nitrogens with zero attached hydrogens (tertiary/aromatic N) is 6. The second-order valence-corrected chi connectivity index (χ2v) is 8.07. The molecule has 160 valence electrons. The van der Waals surface area contributed by atoms with E-state index in [1.807, 2.05) is 28.6 Å². The first kappa shape index (κ1) is 20.5. The molecule has 1 aliphatic rings. The number of hydrogen-bond acceptors (Lipinski definition) is 5. The van der Waals surface area contributed by atoms with Crippen molar-refractivity contribution in [2.75, 3.05) is 20.3 Å². The summed E-state index contributed by atoms with van der Waals surface area (Å²) in [5.41, 5.74) is 3.90. The average Bonchev–Trinajstić information content (AvgIpc) is 3.20. The minimum Gasteiger partial charge on any atom is -0.383 e. The molecule has 0 saturated carbocycles. The number of imidazole rings is 1. The first-order valence-electron chi connectivity index (χ1n) is 10.7. The summed E-state index contributed by atoms with van der Waals surface area (Å²) in [5.74, 6) is 1.17. The average molecular weight is 411 g/mol. The molecule has 8 heteroatoms. The third kappa shape index (κ3) is 4.23. The molecule has 1 atom stereocenters. The van der Waals surface area contributed by atoms with Gasteiger partial charge in [-0.2, -0.15) is 5.10 Å². The normalized spacial score (nSPS) is 15.2. The Labute approximate surface area is 176 Å². The van der Waals surface area contributed by atoms with Gasteiger partial charge in [-0.05, 0) is 44.9 Å². The van der Waals surface area contributed by atoms with Crippen molar-refractivity contribution in [3.8, 4) is 0 Å². The topological polar surface area (TPSA) is 78.1 Å². The highest BCUT2D eigenvalue weighted by atomic mass is 16.5. The van der Waals surface area contributed by atoms with Gasteiger partial charge in [0.1, 0.15) is 11.3 Å². The van der Waals surface area contributed by atoms with Crippen LogP contribution in [0, 0.1) is 6.92 Å². The molecule has 0 aliphatic carbocycles. The number of methoxy groups -OCH3 is 1. The van der Waals surface area contributed by atoms with E-state index in [1.54, 1.807) is 13.3 Å². The van der Waals surface area contributed by atoms with E-state index in [4.69, 9.17) is 9.72 Å². The van der Waals surface area contributed by atoms with Crippen LogP contribution in [0.25, 0.3) is 11.2 Å². The van der Waals surface area contributed by atoms with Gasteiger partial charge in [0.05, 0.1) is 30.6 Å². The molecule has 4 heterocycles. The molecule has 3 aromatic heterocycles. The van der Waals surface area contributed by atoms with Gasteiger partial charge in [-0.3, -0.25) is 9.48 Å². The molecule has 0 radical (unpaired) electrons. The van der Waals surface area contributed by atoms with Crippen LogP contribution in [0.5, 0.6) is 0 Å². The van der Waals surface area contributed by atoms with Crippen LogP contribution in [0.4, 0.5) is 0 Å². The van der Waals surface area contributed by atoms with Crippen LogP contribution in [-0.2, 0) is 29.0 Å². The molecular weight excluding hydrogens is 380 g/mol. The number of aryl methyl sites for hydroxylation is 3. The van der Waals surface area contributed by atoms with E-state index >= 15 is 0 Å². The van der Waals surface area contributed by atoms with Gasteiger partial charge >= 0.3 is 0 Å². The Bertz CT molecular complexity index is 1020. The Balaban J connectivity index is 1.42. The molecule has 0 N–H and O–H groups in total. The van der Waals surface area contributed by atoms with Crippen LogP contribution in [0.1, 0.15) is 49.4 Å². The smallest absolute Gasteiger partial charge is 0.222 e. The van der Waals surface area contributed by atoms with Crippen molar-refractivity contribution in [1.82, 2.24) is 29.2 Å². The van der Waals surface area contributed by atoms with Crippen molar-refractivity contribution >= 4 is 17.1 Å². The third-order valence-corrected chi connectivity index (χ3v) is 5.65. The number of fused-ring (bicyclic) bond motifs is 2. The largest absolute Gasteiger partial charge is 0.383 e. The van der Waals surface area contributed by atoms with Crippen LogP contribution in [0.2, 0.25) is 0 Å². The Morgan fingerprint density at radius 2 is 2.20 bits per heavy atom. The minimum atomic E-state index is 0.134. The third-order valence-electron chi connectivity index (χ3n) is 5.65. The van der Waals surface area contributed by atoms with Crippen molar-refractivity contribution in [2.24, 2.45) is 0 Å². The number of ether oxygens (including phenoxy) is 1. The first-order valence-corrected chi connectivity index (χ1v) is 10.7. The minimum absolute atomic E-state index is 0.134. The van der Waals surface area contributed by atoms with Crippen LogP contribution < -0.4 is 0 Å². The number of carbonyl (C=O) groups excluding carboxylic acids is 1. The Kier molecular flexibility index (Phi) is 6.13. The molecule has 0 bridgehead atoms. The fourth-order valence-electron chi connectivity index (χ4n) is 4.31. The zero-order chi connectivity index (χ0) is 21.1. The van der Waals surface area contributed by atoms with Crippen LogP contribution >= 0.6 is 0 Å². The molecular formula is C22H30N6O2. The second-order valence-electron chi connectivity index (χ2n) is 8.07. The predicted octanol–water partition coefficient (Wildman–Crippen LogP) is 2.90. The summed E-state index contributed by atoms with van der Waals surface area (Å²) in [6, 6.07) is 6.10. The predicted molar refractivity (Wildman–Crippen MR) is 114 cm³/mol. The van der Waals surface area contributed by atoms with E-state index in [2.05, 4.69) is 27.6 Å². The van der Waals surface area contributed by atoms with Crippen molar-refractivity contribution in [2.45, 2.75) is 58.7 Å². The zero-order valence-electron chi connectivity index (χ0n) is 18.0. The Morgan fingerprint density at radius 3 is 3.03 bits per heavy atom. The molecule has 0 saturated heterocycles. The van der Waals surface area contributed by atoms with E-state index in [1.165, 1.54) is 0 Å². The summed E-state index contributed by atoms with van der Waals surface area (Å²) in [5, 5.41) is 4.52. The van der Waals surface area contributed by atoms with Crippen LogP contribution in [0.15, 0.2) is 24.4 Å². The van der Waals surface area contributed by atoms with Crippen LogP contribution in [-0.4, -0.2) is 55.4 Å². The molecule has 3 aromatic rings. The summed E-state index contributed by atoms with van der Waals surface area (Å²) < 4.78 is 9.54. The summed E-state index contributed by atoms with van der Waals surface area (Å²) in [6.45, 7) is 7.01. The summed E-state index contributed by atoms with van der Waals surface area (Å²) in [6.07, 6.45) is 4.75. The van der Waals surface area contributed by atoms with Crippen LogP contribution in [0.3, 0.4) is 0 Å². The maximum atomic E-state index is 12.9. The fourth-order valence-corrected chi connectivity index (χ4v) is 4.31. The van der Waals surface area contributed by atoms with Gasteiger partial charge in [0.15, 0.2) is 5.65 Å². The maximum absolute atomic E-state index is 12.9. The SMILES string of the molecule is COCC(C)n1c(CCCC(=O)N2CCCn3nc(C)cc3C2)nc2cccnc21. The van der Waals surface area contributed by atoms with E-state index in [0.717, 1.165) is 60.7 Å². The highest BCUT2D eigenvalue weighted by molar-refractivity contribution is 5.76. The fraction of sp³-hybridized carbons (Fsp3) is 0.545.